The molecule has 5 heteroatoms. The first kappa shape index (κ1) is 23.2. The van der Waals surface area contributed by atoms with Crippen LogP contribution in [0.1, 0.15) is 23.1 Å². The number of ether oxygens (including phenoxy) is 4. The molecule has 1 aliphatic rings. The quantitative estimate of drug-likeness (QED) is 0.415. The van der Waals surface area contributed by atoms with Crippen LogP contribution in [0.4, 0.5) is 0 Å². The van der Waals surface area contributed by atoms with Gasteiger partial charge in [0.25, 0.3) is 0 Å². The summed E-state index contributed by atoms with van der Waals surface area (Å²) in [5.74, 6) is 0. The van der Waals surface area contributed by atoms with Crippen molar-refractivity contribution in [3.8, 4) is 6.07 Å². The third kappa shape index (κ3) is 6.74. The van der Waals surface area contributed by atoms with Gasteiger partial charge in [0.1, 0.15) is 18.3 Å². The molecule has 0 radical (unpaired) electrons. The molecule has 1 aliphatic heterocycles. The highest BCUT2D eigenvalue weighted by Gasteiger charge is 2.46. The van der Waals surface area contributed by atoms with Crippen LogP contribution in [0, 0.1) is 11.3 Å². The number of benzene rings is 3. The third-order valence-electron chi connectivity index (χ3n) is 5.66. The van der Waals surface area contributed by atoms with Gasteiger partial charge in [-0.3, -0.25) is 0 Å². The number of nitrogens with zero attached hydrogens (tertiary/aromatic N) is 1. The largest absolute Gasteiger partial charge is 0.374 e. The zero-order valence-electron chi connectivity index (χ0n) is 18.6. The van der Waals surface area contributed by atoms with E-state index in [1.54, 1.807) is 0 Å². The van der Waals surface area contributed by atoms with Crippen molar-refractivity contribution in [2.24, 2.45) is 0 Å². The molecule has 33 heavy (non-hydrogen) atoms. The molecule has 4 rings (SSSR count). The van der Waals surface area contributed by atoms with Crippen LogP contribution in [0.15, 0.2) is 91.0 Å². The number of rotatable bonds is 11. The smallest absolute Gasteiger partial charge is 0.115 e. The minimum absolute atomic E-state index is 0.236. The SMILES string of the molecule is N#CC[C@H]1O[C@H](COCc2ccccc2)[C@@H](OCc2ccccc2)[C@@H]1OCc1ccccc1. The maximum absolute atomic E-state index is 9.38. The van der Waals surface area contributed by atoms with E-state index in [4.69, 9.17) is 18.9 Å². The van der Waals surface area contributed by atoms with E-state index in [9.17, 15) is 5.26 Å². The van der Waals surface area contributed by atoms with Gasteiger partial charge < -0.3 is 18.9 Å². The molecule has 1 fully saturated rings. The molecule has 0 aromatic heterocycles. The van der Waals surface area contributed by atoms with Crippen molar-refractivity contribution in [3.63, 3.8) is 0 Å². The molecule has 0 N–H and O–H groups in total. The van der Waals surface area contributed by atoms with Crippen LogP contribution < -0.4 is 0 Å². The van der Waals surface area contributed by atoms with Crippen molar-refractivity contribution in [2.45, 2.75) is 50.7 Å². The maximum Gasteiger partial charge on any atom is 0.115 e. The standard InChI is InChI=1S/C28H29NO4/c29-17-16-25-27(31-19-23-12-6-2-7-13-23)28(32-20-24-14-8-3-9-15-24)26(33-25)21-30-18-22-10-4-1-5-11-22/h1-15,25-28H,16,18-21H2/t25-,26-,27-,28-/m1/s1. The minimum atomic E-state index is -0.371. The second-order valence-electron chi connectivity index (χ2n) is 8.10. The Morgan fingerprint density at radius 2 is 1.09 bits per heavy atom. The van der Waals surface area contributed by atoms with E-state index in [1.165, 1.54) is 0 Å². The van der Waals surface area contributed by atoms with Gasteiger partial charge in [-0.15, -0.1) is 0 Å². The third-order valence-corrected chi connectivity index (χ3v) is 5.66. The summed E-state index contributed by atoms with van der Waals surface area (Å²) >= 11 is 0. The normalized spacial score (nSPS) is 22.2. The molecule has 0 bridgehead atoms. The Bertz CT molecular complexity index is 991. The number of hydrogen-bond acceptors (Lipinski definition) is 5. The molecule has 4 atom stereocenters. The van der Waals surface area contributed by atoms with Crippen molar-refractivity contribution in [3.05, 3.63) is 108 Å². The van der Waals surface area contributed by atoms with Crippen molar-refractivity contribution in [2.75, 3.05) is 6.61 Å². The Labute approximate surface area is 195 Å². The van der Waals surface area contributed by atoms with E-state index in [0.29, 0.717) is 26.4 Å². The van der Waals surface area contributed by atoms with Gasteiger partial charge in [0, 0.05) is 0 Å². The molecule has 1 heterocycles. The lowest BCUT2D eigenvalue weighted by atomic mass is 10.1. The monoisotopic (exact) mass is 443 g/mol. The lowest BCUT2D eigenvalue weighted by molar-refractivity contribution is -0.0898. The highest BCUT2D eigenvalue weighted by Crippen LogP contribution is 2.30. The Morgan fingerprint density at radius 3 is 1.58 bits per heavy atom. The van der Waals surface area contributed by atoms with Crippen LogP contribution in [0.5, 0.6) is 0 Å². The molecular weight excluding hydrogens is 414 g/mol. The predicted molar refractivity (Wildman–Crippen MR) is 125 cm³/mol. The Morgan fingerprint density at radius 1 is 0.636 bits per heavy atom. The van der Waals surface area contributed by atoms with Crippen molar-refractivity contribution >= 4 is 0 Å². The van der Waals surface area contributed by atoms with Crippen LogP contribution in [0.25, 0.3) is 0 Å². The van der Waals surface area contributed by atoms with Gasteiger partial charge in [-0.25, -0.2) is 0 Å². The molecule has 0 amide bonds. The highest BCUT2D eigenvalue weighted by molar-refractivity contribution is 5.15. The topological polar surface area (TPSA) is 60.7 Å². The van der Waals surface area contributed by atoms with E-state index >= 15 is 0 Å². The van der Waals surface area contributed by atoms with E-state index in [1.807, 2.05) is 91.0 Å². The lowest BCUT2D eigenvalue weighted by Crippen LogP contribution is -2.39. The number of hydrogen-bond donors (Lipinski definition) is 0. The minimum Gasteiger partial charge on any atom is -0.374 e. The fraction of sp³-hybridized carbons (Fsp3) is 0.321. The molecule has 5 nitrogen and oxygen atoms in total. The van der Waals surface area contributed by atoms with E-state index in [0.717, 1.165) is 16.7 Å². The maximum atomic E-state index is 9.38. The van der Waals surface area contributed by atoms with Crippen LogP contribution in [0.2, 0.25) is 0 Å². The van der Waals surface area contributed by atoms with Gasteiger partial charge >= 0.3 is 0 Å². The summed E-state index contributed by atoms with van der Waals surface area (Å²) in [4.78, 5) is 0. The first-order valence-corrected chi connectivity index (χ1v) is 11.3. The average molecular weight is 444 g/mol. The molecule has 0 aliphatic carbocycles. The van der Waals surface area contributed by atoms with Gasteiger partial charge in [-0.1, -0.05) is 91.0 Å². The van der Waals surface area contributed by atoms with Gasteiger partial charge in [0.05, 0.1) is 45.0 Å². The zero-order valence-corrected chi connectivity index (χ0v) is 18.6. The molecular formula is C28H29NO4. The number of nitriles is 1. The van der Waals surface area contributed by atoms with Gasteiger partial charge in [0.2, 0.25) is 0 Å². The van der Waals surface area contributed by atoms with E-state index < -0.39 is 0 Å². The first-order chi connectivity index (χ1) is 16.3. The predicted octanol–water partition coefficient (Wildman–Crippen LogP) is 5.06. The average Bonchev–Trinajstić information content (AvgIpc) is 3.19. The zero-order chi connectivity index (χ0) is 22.7. The Hall–Kier alpha value is -3.01. The fourth-order valence-corrected chi connectivity index (χ4v) is 4.00. The fourth-order valence-electron chi connectivity index (χ4n) is 4.00. The van der Waals surface area contributed by atoms with Crippen molar-refractivity contribution in [1.29, 1.82) is 5.26 Å². The van der Waals surface area contributed by atoms with Crippen LogP contribution in [0.3, 0.4) is 0 Å². The Kier molecular flexibility index (Phi) is 8.62. The lowest BCUT2D eigenvalue weighted by Gasteiger charge is -2.25. The summed E-state index contributed by atoms with van der Waals surface area (Å²) in [6.45, 7) is 1.72. The Balaban J connectivity index is 1.45. The van der Waals surface area contributed by atoms with Crippen LogP contribution >= 0.6 is 0 Å². The summed E-state index contributed by atoms with van der Waals surface area (Å²) in [5.41, 5.74) is 3.24. The molecule has 3 aromatic rings. The first-order valence-electron chi connectivity index (χ1n) is 11.3. The van der Waals surface area contributed by atoms with Crippen LogP contribution in [-0.4, -0.2) is 31.0 Å². The van der Waals surface area contributed by atoms with Crippen molar-refractivity contribution < 1.29 is 18.9 Å². The summed E-state index contributed by atoms with van der Waals surface area (Å²) in [7, 11) is 0. The summed E-state index contributed by atoms with van der Waals surface area (Å²) in [6, 6.07) is 32.3. The molecule has 0 saturated carbocycles. The molecule has 3 aromatic carbocycles. The second-order valence-corrected chi connectivity index (χ2v) is 8.10. The van der Waals surface area contributed by atoms with Gasteiger partial charge in [-0.2, -0.15) is 5.26 Å². The van der Waals surface area contributed by atoms with Gasteiger partial charge in [-0.05, 0) is 16.7 Å². The van der Waals surface area contributed by atoms with Crippen molar-refractivity contribution in [1.82, 2.24) is 0 Å². The summed E-state index contributed by atoms with van der Waals surface area (Å²) < 4.78 is 24.9. The molecule has 170 valence electrons. The highest BCUT2D eigenvalue weighted by atomic mass is 16.6. The summed E-state index contributed by atoms with van der Waals surface area (Å²) in [6.07, 6.45) is -1.16. The molecule has 0 spiro atoms. The van der Waals surface area contributed by atoms with E-state index in [-0.39, 0.29) is 30.8 Å². The molecule has 1 saturated heterocycles. The van der Waals surface area contributed by atoms with Gasteiger partial charge in [0.15, 0.2) is 0 Å². The second kappa shape index (κ2) is 12.3. The summed E-state index contributed by atoms with van der Waals surface area (Å²) in [5, 5.41) is 9.38. The van der Waals surface area contributed by atoms with E-state index in [2.05, 4.69) is 6.07 Å². The van der Waals surface area contributed by atoms with Crippen LogP contribution in [-0.2, 0) is 38.8 Å². The molecule has 0 unspecified atom stereocenters.